The first-order valence-electron chi connectivity index (χ1n) is 5.64. The van der Waals surface area contributed by atoms with Gasteiger partial charge in [-0.15, -0.1) is 0 Å². The van der Waals surface area contributed by atoms with Crippen LogP contribution in [0.1, 0.15) is 6.42 Å². The molecule has 0 aliphatic rings. The molecule has 0 spiro atoms. The van der Waals surface area contributed by atoms with E-state index in [1.807, 2.05) is 0 Å². The molecule has 0 aromatic rings. The molecule has 0 saturated heterocycles. The Morgan fingerprint density at radius 1 is 1.04 bits per heavy atom. The molecule has 15 heteroatoms. The molecule has 0 bridgehead atoms. The Kier molecular flexibility index (Phi) is 6.70. The van der Waals surface area contributed by atoms with Gasteiger partial charge < -0.3 is 9.79 Å². The van der Waals surface area contributed by atoms with Gasteiger partial charge in [-0.05, 0) is 6.42 Å². The van der Waals surface area contributed by atoms with Gasteiger partial charge in [0.1, 0.15) is 5.75 Å². The summed E-state index contributed by atoms with van der Waals surface area (Å²) in [6.07, 6.45) is -7.98. The summed E-state index contributed by atoms with van der Waals surface area (Å²) in [4.78, 5) is 17.0. The first-order chi connectivity index (χ1) is 9.83. The second-order valence-electron chi connectivity index (χ2n) is 4.60. The Balaban J connectivity index is 5.07. The summed E-state index contributed by atoms with van der Waals surface area (Å²) in [5, 5.41) is 0. The number of rotatable bonds is 8. The van der Waals surface area contributed by atoms with Crippen LogP contribution >= 0.6 is 7.60 Å². The molecule has 0 aromatic carbocycles. The van der Waals surface area contributed by atoms with Crippen molar-refractivity contribution in [2.45, 2.75) is 24.4 Å². The lowest BCUT2D eigenvalue weighted by Gasteiger charge is -2.29. The predicted octanol–water partition coefficient (Wildman–Crippen LogP) is 1.65. The fraction of sp³-hybridized carbons (Fsp3) is 1.00. The third-order valence-electron chi connectivity index (χ3n) is 2.58. The molecular formula is C8H13F7NO5PS. The Morgan fingerprint density at radius 3 is 1.83 bits per heavy atom. The maximum atomic E-state index is 13.1. The standard InChI is InChI=1S/C8H13F7NO5PS/c1-16(3-2-4-22(17,18)19)23(20,21)5-6(9,10)7(11,12)8(13,14)15/h2-5H2,1H3,(H2,17,18,19). The molecule has 0 radical (unpaired) electrons. The molecule has 0 aromatic heterocycles. The molecule has 6 nitrogen and oxygen atoms in total. The van der Waals surface area contributed by atoms with Gasteiger partial charge >= 0.3 is 25.6 Å². The normalized spacial score (nSPS) is 15.3. The average molecular weight is 399 g/mol. The highest BCUT2D eigenvalue weighted by Gasteiger charge is 2.73. The van der Waals surface area contributed by atoms with Crippen LogP contribution in [0.25, 0.3) is 0 Å². The highest BCUT2D eigenvalue weighted by atomic mass is 32.2. The minimum atomic E-state index is -6.65. The van der Waals surface area contributed by atoms with E-state index in [-0.39, 0.29) is 4.31 Å². The van der Waals surface area contributed by atoms with Gasteiger partial charge in [-0.3, -0.25) is 4.57 Å². The van der Waals surface area contributed by atoms with Crippen molar-refractivity contribution >= 4 is 17.6 Å². The van der Waals surface area contributed by atoms with Gasteiger partial charge in [0.15, 0.2) is 0 Å². The Labute approximate surface area is 126 Å². The number of hydrogen-bond donors (Lipinski definition) is 2. The minimum absolute atomic E-state index is 0.0308. The lowest BCUT2D eigenvalue weighted by atomic mass is 10.2. The van der Waals surface area contributed by atoms with Crippen molar-refractivity contribution in [1.29, 1.82) is 0 Å². The van der Waals surface area contributed by atoms with Crippen molar-refractivity contribution in [3.63, 3.8) is 0 Å². The summed E-state index contributed by atoms with van der Waals surface area (Å²) in [5.41, 5.74) is 0. The van der Waals surface area contributed by atoms with E-state index in [4.69, 9.17) is 9.79 Å². The van der Waals surface area contributed by atoms with Crippen LogP contribution in [0.2, 0.25) is 0 Å². The van der Waals surface area contributed by atoms with Crippen LogP contribution in [0.5, 0.6) is 0 Å². The quantitative estimate of drug-likeness (QED) is 0.478. The second-order valence-corrected chi connectivity index (χ2v) is 8.45. The maximum absolute atomic E-state index is 13.1. The van der Waals surface area contributed by atoms with E-state index in [1.165, 1.54) is 0 Å². The first-order valence-corrected chi connectivity index (χ1v) is 9.05. The second kappa shape index (κ2) is 6.82. The summed E-state index contributed by atoms with van der Waals surface area (Å²) in [6, 6.07) is 0. The molecule has 0 rings (SSSR count). The largest absolute Gasteiger partial charge is 0.459 e. The number of halogens is 7. The highest BCUT2D eigenvalue weighted by molar-refractivity contribution is 7.89. The van der Waals surface area contributed by atoms with E-state index in [9.17, 15) is 43.7 Å². The molecule has 0 atom stereocenters. The molecule has 0 aliphatic carbocycles. The van der Waals surface area contributed by atoms with Gasteiger partial charge in [-0.25, -0.2) is 12.7 Å². The van der Waals surface area contributed by atoms with Crippen LogP contribution in [0.3, 0.4) is 0 Å². The summed E-state index contributed by atoms with van der Waals surface area (Å²) < 4.78 is 121. The summed E-state index contributed by atoms with van der Waals surface area (Å²) in [7, 11) is -9.12. The number of sulfonamides is 1. The zero-order valence-electron chi connectivity index (χ0n) is 11.4. The van der Waals surface area contributed by atoms with E-state index in [0.29, 0.717) is 7.05 Å². The van der Waals surface area contributed by atoms with Crippen LogP contribution in [0.4, 0.5) is 30.7 Å². The van der Waals surface area contributed by atoms with E-state index in [2.05, 4.69) is 0 Å². The van der Waals surface area contributed by atoms with Crippen molar-refractivity contribution in [1.82, 2.24) is 4.31 Å². The zero-order chi connectivity index (χ0) is 18.9. The minimum Gasteiger partial charge on any atom is -0.324 e. The van der Waals surface area contributed by atoms with Crippen molar-refractivity contribution in [2.75, 3.05) is 25.5 Å². The van der Waals surface area contributed by atoms with E-state index in [0.717, 1.165) is 0 Å². The molecule has 140 valence electrons. The number of alkyl halides is 7. The van der Waals surface area contributed by atoms with E-state index in [1.54, 1.807) is 0 Å². The van der Waals surface area contributed by atoms with Crippen molar-refractivity contribution in [2.24, 2.45) is 0 Å². The van der Waals surface area contributed by atoms with Gasteiger partial charge in [0, 0.05) is 13.6 Å². The summed E-state index contributed by atoms with van der Waals surface area (Å²) in [6.45, 7) is -0.749. The lowest BCUT2D eigenvalue weighted by Crippen LogP contribution is -2.56. The monoisotopic (exact) mass is 399 g/mol. The van der Waals surface area contributed by atoms with E-state index >= 15 is 0 Å². The molecule has 0 amide bonds. The number of hydrogen-bond acceptors (Lipinski definition) is 3. The van der Waals surface area contributed by atoms with Gasteiger partial charge in [-0.2, -0.15) is 30.7 Å². The van der Waals surface area contributed by atoms with Crippen LogP contribution in [0, 0.1) is 0 Å². The molecule has 0 fully saturated rings. The fourth-order valence-electron chi connectivity index (χ4n) is 1.28. The average Bonchev–Trinajstić information content (AvgIpc) is 2.23. The lowest BCUT2D eigenvalue weighted by molar-refractivity contribution is -0.348. The Bertz CT molecular complexity index is 558. The molecule has 0 aliphatic heterocycles. The van der Waals surface area contributed by atoms with Crippen molar-refractivity contribution < 1.29 is 53.5 Å². The van der Waals surface area contributed by atoms with E-state index < -0.39 is 60.5 Å². The molecule has 0 heterocycles. The van der Waals surface area contributed by atoms with Gasteiger partial charge in [-0.1, -0.05) is 0 Å². The first kappa shape index (κ1) is 22.6. The smallest absolute Gasteiger partial charge is 0.324 e. The summed E-state index contributed by atoms with van der Waals surface area (Å²) >= 11 is 0. The van der Waals surface area contributed by atoms with Crippen LogP contribution in [-0.4, -0.2) is 66.0 Å². The van der Waals surface area contributed by atoms with Crippen molar-refractivity contribution in [3.8, 4) is 0 Å². The SMILES string of the molecule is CN(CCCP(=O)(O)O)S(=O)(=O)CC(F)(F)C(F)(F)C(F)(F)F. The topological polar surface area (TPSA) is 94.9 Å². The maximum Gasteiger partial charge on any atom is 0.459 e. The molecule has 2 N–H and O–H groups in total. The third-order valence-corrected chi connectivity index (χ3v) is 5.33. The van der Waals surface area contributed by atoms with Gasteiger partial charge in [0.2, 0.25) is 10.0 Å². The van der Waals surface area contributed by atoms with Gasteiger partial charge in [0.05, 0.1) is 6.16 Å². The van der Waals surface area contributed by atoms with Gasteiger partial charge in [0.25, 0.3) is 0 Å². The van der Waals surface area contributed by atoms with Crippen LogP contribution < -0.4 is 0 Å². The third kappa shape index (κ3) is 6.18. The molecular weight excluding hydrogens is 386 g/mol. The molecule has 0 unspecified atom stereocenters. The zero-order valence-corrected chi connectivity index (χ0v) is 13.1. The number of nitrogens with zero attached hydrogens (tertiary/aromatic N) is 1. The van der Waals surface area contributed by atoms with Crippen LogP contribution in [0.15, 0.2) is 0 Å². The van der Waals surface area contributed by atoms with Crippen LogP contribution in [-0.2, 0) is 14.6 Å². The molecule has 0 saturated carbocycles. The highest BCUT2D eigenvalue weighted by Crippen LogP contribution is 2.47. The fourth-order valence-corrected chi connectivity index (χ4v) is 3.10. The Morgan fingerprint density at radius 2 is 1.48 bits per heavy atom. The van der Waals surface area contributed by atoms with Crippen molar-refractivity contribution in [3.05, 3.63) is 0 Å². The molecule has 23 heavy (non-hydrogen) atoms. The predicted molar refractivity (Wildman–Crippen MR) is 63.9 cm³/mol. The summed E-state index contributed by atoms with van der Waals surface area (Å²) in [5.74, 6) is -15.3. The Hall–Kier alpha value is -0.430.